The summed E-state index contributed by atoms with van der Waals surface area (Å²) in [7, 11) is 4.28. The van der Waals surface area contributed by atoms with Gasteiger partial charge in [-0.2, -0.15) is 0 Å². The van der Waals surface area contributed by atoms with Crippen molar-refractivity contribution >= 4 is 0 Å². The van der Waals surface area contributed by atoms with Gasteiger partial charge in [-0.1, -0.05) is 0 Å². The highest BCUT2D eigenvalue weighted by Crippen LogP contribution is 2.30. The van der Waals surface area contributed by atoms with E-state index in [9.17, 15) is 5.11 Å². The molecule has 1 heterocycles. The summed E-state index contributed by atoms with van der Waals surface area (Å²) in [6.45, 7) is 2.34. The zero-order chi connectivity index (χ0) is 10.8. The number of likely N-dealkylation sites (N-methyl/N-ethyl adjacent to an activating group) is 1. The van der Waals surface area contributed by atoms with Crippen molar-refractivity contribution in [3.05, 3.63) is 0 Å². The Labute approximate surface area is 93.1 Å². The van der Waals surface area contributed by atoms with E-state index in [1.165, 1.54) is 32.2 Å². The second kappa shape index (κ2) is 4.81. The molecule has 3 atom stereocenters. The van der Waals surface area contributed by atoms with Crippen LogP contribution in [0.25, 0.3) is 0 Å². The normalized spacial score (nSPS) is 38.0. The van der Waals surface area contributed by atoms with Crippen LogP contribution in [-0.4, -0.2) is 60.3 Å². The van der Waals surface area contributed by atoms with Gasteiger partial charge in [-0.15, -0.1) is 0 Å². The van der Waals surface area contributed by atoms with Crippen molar-refractivity contribution in [2.75, 3.05) is 27.2 Å². The Morgan fingerprint density at radius 2 is 2.00 bits per heavy atom. The molecule has 1 saturated heterocycles. The molecule has 1 aliphatic heterocycles. The lowest BCUT2D eigenvalue weighted by atomic mass is 10.1. The second-order valence-corrected chi connectivity index (χ2v) is 5.36. The van der Waals surface area contributed by atoms with Crippen LogP contribution < -0.4 is 0 Å². The van der Waals surface area contributed by atoms with Gasteiger partial charge < -0.3 is 10.0 Å². The molecule has 0 aromatic heterocycles. The van der Waals surface area contributed by atoms with Gasteiger partial charge in [-0.05, 0) is 52.7 Å². The molecule has 0 aromatic rings. The predicted molar refractivity (Wildman–Crippen MR) is 61.9 cm³/mol. The summed E-state index contributed by atoms with van der Waals surface area (Å²) in [6, 6.07) is 1.13. The molecule has 0 radical (unpaired) electrons. The fourth-order valence-corrected chi connectivity index (χ4v) is 3.22. The molecule has 2 fully saturated rings. The van der Waals surface area contributed by atoms with Crippen molar-refractivity contribution in [1.29, 1.82) is 0 Å². The van der Waals surface area contributed by atoms with Gasteiger partial charge in [0, 0.05) is 18.6 Å². The lowest BCUT2D eigenvalue weighted by molar-refractivity contribution is 0.0562. The maximum atomic E-state index is 9.95. The number of aliphatic hydroxyl groups excluding tert-OH is 1. The zero-order valence-electron chi connectivity index (χ0n) is 10.0. The molecule has 1 saturated carbocycles. The summed E-state index contributed by atoms with van der Waals surface area (Å²) in [5, 5.41) is 9.95. The number of nitrogens with zero attached hydrogens (tertiary/aromatic N) is 2. The summed E-state index contributed by atoms with van der Waals surface area (Å²) < 4.78 is 0. The first-order valence-electron chi connectivity index (χ1n) is 6.27. The van der Waals surface area contributed by atoms with Gasteiger partial charge in [0.05, 0.1) is 6.10 Å². The Bertz CT molecular complexity index is 208. The van der Waals surface area contributed by atoms with E-state index >= 15 is 0 Å². The predicted octanol–water partition coefficient (Wildman–Crippen LogP) is 0.926. The minimum Gasteiger partial charge on any atom is -0.391 e. The molecule has 3 heteroatoms. The summed E-state index contributed by atoms with van der Waals surface area (Å²) in [5.41, 5.74) is 0. The molecule has 1 aliphatic carbocycles. The van der Waals surface area contributed by atoms with Crippen LogP contribution in [0.3, 0.4) is 0 Å². The fraction of sp³-hybridized carbons (Fsp3) is 1.00. The smallest absolute Gasteiger partial charge is 0.0695 e. The summed E-state index contributed by atoms with van der Waals surface area (Å²) >= 11 is 0. The summed E-state index contributed by atoms with van der Waals surface area (Å²) in [5.74, 6) is 0. The fourth-order valence-electron chi connectivity index (χ4n) is 3.22. The molecule has 3 nitrogen and oxygen atoms in total. The molecule has 0 aromatic carbocycles. The van der Waals surface area contributed by atoms with Gasteiger partial charge in [-0.25, -0.2) is 0 Å². The van der Waals surface area contributed by atoms with Crippen molar-refractivity contribution < 1.29 is 5.11 Å². The number of hydrogen-bond donors (Lipinski definition) is 1. The standard InChI is InChI=1S/C12H24N2O/c1-13(2)9-10-5-4-8-14(10)11-6-3-7-12(11)15/h10-12,15H,3-9H2,1-2H3. The van der Waals surface area contributed by atoms with Crippen LogP contribution in [0.1, 0.15) is 32.1 Å². The molecule has 88 valence electrons. The van der Waals surface area contributed by atoms with Crippen molar-refractivity contribution in [3.63, 3.8) is 0 Å². The second-order valence-electron chi connectivity index (χ2n) is 5.36. The van der Waals surface area contributed by atoms with E-state index in [0.29, 0.717) is 12.1 Å². The summed E-state index contributed by atoms with van der Waals surface area (Å²) in [4.78, 5) is 4.84. The average Bonchev–Trinajstić information content (AvgIpc) is 2.73. The minimum absolute atomic E-state index is 0.0623. The molecular formula is C12H24N2O. The van der Waals surface area contributed by atoms with E-state index in [1.54, 1.807) is 0 Å². The van der Waals surface area contributed by atoms with Crippen molar-refractivity contribution in [3.8, 4) is 0 Å². The van der Waals surface area contributed by atoms with Crippen LogP contribution in [0.5, 0.6) is 0 Å². The van der Waals surface area contributed by atoms with Crippen molar-refractivity contribution in [1.82, 2.24) is 9.80 Å². The highest BCUT2D eigenvalue weighted by molar-refractivity contribution is 4.92. The van der Waals surface area contributed by atoms with Crippen molar-refractivity contribution in [2.24, 2.45) is 0 Å². The van der Waals surface area contributed by atoms with Gasteiger partial charge >= 0.3 is 0 Å². The van der Waals surface area contributed by atoms with E-state index in [2.05, 4.69) is 23.9 Å². The molecule has 1 N–H and O–H groups in total. The SMILES string of the molecule is CN(C)CC1CCCN1C1CCCC1O. The highest BCUT2D eigenvalue weighted by atomic mass is 16.3. The lowest BCUT2D eigenvalue weighted by Gasteiger charge is -2.33. The minimum atomic E-state index is -0.0623. The first-order chi connectivity index (χ1) is 7.18. The van der Waals surface area contributed by atoms with Gasteiger partial charge in [-0.3, -0.25) is 4.90 Å². The van der Waals surface area contributed by atoms with Gasteiger partial charge in [0.25, 0.3) is 0 Å². The first kappa shape index (κ1) is 11.4. The molecule has 0 bridgehead atoms. The topological polar surface area (TPSA) is 26.7 Å². The first-order valence-corrected chi connectivity index (χ1v) is 6.27. The van der Waals surface area contributed by atoms with Gasteiger partial charge in [0.2, 0.25) is 0 Å². The Morgan fingerprint density at radius 3 is 2.60 bits per heavy atom. The monoisotopic (exact) mass is 212 g/mol. The van der Waals surface area contributed by atoms with E-state index in [4.69, 9.17) is 0 Å². The van der Waals surface area contributed by atoms with Gasteiger partial charge in [0.15, 0.2) is 0 Å². The van der Waals surface area contributed by atoms with Crippen LogP contribution in [0.4, 0.5) is 0 Å². The quantitative estimate of drug-likeness (QED) is 0.754. The Balaban J connectivity index is 1.94. The van der Waals surface area contributed by atoms with Gasteiger partial charge in [0.1, 0.15) is 0 Å². The summed E-state index contributed by atoms with van der Waals surface area (Å²) in [6.07, 6.45) is 5.97. The van der Waals surface area contributed by atoms with E-state index in [1.807, 2.05) is 0 Å². The highest BCUT2D eigenvalue weighted by Gasteiger charge is 2.36. The average molecular weight is 212 g/mol. The van der Waals surface area contributed by atoms with E-state index < -0.39 is 0 Å². The third kappa shape index (κ3) is 2.52. The largest absolute Gasteiger partial charge is 0.391 e. The van der Waals surface area contributed by atoms with E-state index in [-0.39, 0.29) is 6.10 Å². The molecular weight excluding hydrogens is 188 g/mol. The molecule has 2 rings (SSSR count). The third-order valence-corrected chi connectivity index (χ3v) is 3.87. The number of likely N-dealkylation sites (tertiary alicyclic amines) is 1. The Morgan fingerprint density at radius 1 is 1.20 bits per heavy atom. The molecule has 15 heavy (non-hydrogen) atoms. The Hall–Kier alpha value is -0.120. The van der Waals surface area contributed by atoms with Crippen molar-refractivity contribution in [2.45, 2.75) is 50.3 Å². The number of rotatable bonds is 3. The number of hydrogen-bond acceptors (Lipinski definition) is 3. The van der Waals surface area contributed by atoms with Crippen LogP contribution in [0, 0.1) is 0 Å². The molecule has 0 spiro atoms. The molecule has 2 aliphatic rings. The molecule has 3 unspecified atom stereocenters. The maximum Gasteiger partial charge on any atom is 0.0695 e. The Kier molecular flexibility index (Phi) is 3.65. The van der Waals surface area contributed by atoms with E-state index in [0.717, 1.165) is 13.0 Å². The van der Waals surface area contributed by atoms with Crippen LogP contribution in [0.2, 0.25) is 0 Å². The lowest BCUT2D eigenvalue weighted by Crippen LogP contribution is -2.46. The molecule has 0 amide bonds. The third-order valence-electron chi connectivity index (χ3n) is 3.87. The van der Waals surface area contributed by atoms with Crippen LogP contribution >= 0.6 is 0 Å². The zero-order valence-corrected chi connectivity index (χ0v) is 10.0. The van der Waals surface area contributed by atoms with Crippen LogP contribution in [-0.2, 0) is 0 Å². The number of aliphatic hydroxyl groups is 1. The maximum absolute atomic E-state index is 9.95. The van der Waals surface area contributed by atoms with Crippen LogP contribution in [0.15, 0.2) is 0 Å².